The third kappa shape index (κ3) is 6.67. The highest BCUT2D eigenvalue weighted by Gasteiger charge is 2.30. The number of rotatable bonds is 8. The van der Waals surface area contributed by atoms with E-state index >= 15 is 0 Å². The van der Waals surface area contributed by atoms with Crippen molar-refractivity contribution in [2.24, 2.45) is 5.92 Å². The summed E-state index contributed by atoms with van der Waals surface area (Å²) < 4.78 is 52.1. The molecule has 1 N–H and O–H groups in total. The van der Waals surface area contributed by atoms with Crippen LogP contribution in [0.4, 0.5) is 17.6 Å². The number of carbonyl (C=O) groups is 1. The lowest BCUT2D eigenvalue weighted by Crippen LogP contribution is -2.14. The fourth-order valence-electron chi connectivity index (χ4n) is 3.87. The summed E-state index contributed by atoms with van der Waals surface area (Å²) in [6.07, 6.45) is -2.77. The molecule has 33 heavy (non-hydrogen) atoms. The summed E-state index contributed by atoms with van der Waals surface area (Å²) in [5.74, 6) is -1.81. The van der Waals surface area contributed by atoms with Gasteiger partial charge in [0, 0.05) is 0 Å². The van der Waals surface area contributed by atoms with E-state index in [2.05, 4.69) is 0 Å². The molecular weight excluding hydrogens is 432 g/mol. The molecule has 3 aromatic rings. The van der Waals surface area contributed by atoms with Gasteiger partial charge in [0.25, 0.3) is 0 Å². The number of hydrogen-bond donors (Lipinski definition) is 1. The van der Waals surface area contributed by atoms with Gasteiger partial charge in [-0.25, -0.2) is 4.39 Å². The summed E-state index contributed by atoms with van der Waals surface area (Å²) >= 11 is 0. The van der Waals surface area contributed by atoms with Gasteiger partial charge in [0.15, 0.2) is 0 Å². The fraction of sp³-hybridized carbons (Fsp3) is 0.296. The zero-order valence-electron chi connectivity index (χ0n) is 18.5. The Kier molecular flexibility index (Phi) is 7.57. The lowest BCUT2D eigenvalue weighted by Gasteiger charge is -2.18. The quantitative estimate of drug-likeness (QED) is 0.355. The van der Waals surface area contributed by atoms with Crippen molar-refractivity contribution in [3.05, 3.63) is 94.8 Å². The van der Waals surface area contributed by atoms with Crippen molar-refractivity contribution in [3.8, 4) is 11.1 Å². The highest BCUT2D eigenvalue weighted by molar-refractivity contribution is 5.77. The Balaban J connectivity index is 1.99. The first-order valence-corrected chi connectivity index (χ1v) is 10.8. The van der Waals surface area contributed by atoms with Gasteiger partial charge in [-0.15, -0.1) is 0 Å². The van der Waals surface area contributed by atoms with E-state index in [1.165, 1.54) is 24.3 Å². The van der Waals surface area contributed by atoms with Gasteiger partial charge < -0.3 is 5.11 Å². The zero-order valence-corrected chi connectivity index (χ0v) is 18.5. The van der Waals surface area contributed by atoms with E-state index in [-0.39, 0.29) is 11.7 Å². The Morgan fingerprint density at radius 3 is 2.00 bits per heavy atom. The summed E-state index contributed by atoms with van der Waals surface area (Å²) in [5.41, 5.74) is 2.97. The first-order valence-electron chi connectivity index (χ1n) is 10.8. The van der Waals surface area contributed by atoms with Crippen LogP contribution >= 0.6 is 0 Å². The van der Waals surface area contributed by atoms with Crippen LogP contribution in [0.1, 0.15) is 48.4 Å². The molecule has 1 unspecified atom stereocenters. The van der Waals surface area contributed by atoms with Crippen LogP contribution in [0, 0.1) is 11.7 Å². The molecule has 0 aliphatic rings. The molecule has 1 atom stereocenters. The van der Waals surface area contributed by atoms with Crippen LogP contribution in [0.5, 0.6) is 0 Å². The number of halogens is 4. The van der Waals surface area contributed by atoms with Crippen molar-refractivity contribution in [1.82, 2.24) is 0 Å². The molecule has 0 radical (unpaired) electrons. The van der Waals surface area contributed by atoms with E-state index in [0.717, 1.165) is 23.3 Å². The average Bonchev–Trinajstić information content (AvgIpc) is 2.76. The Morgan fingerprint density at radius 2 is 1.45 bits per heavy atom. The Bertz CT molecular complexity index is 1080. The van der Waals surface area contributed by atoms with Gasteiger partial charge in [0.2, 0.25) is 0 Å². The van der Waals surface area contributed by atoms with Crippen molar-refractivity contribution >= 4 is 5.97 Å². The van der Waals surface area contributed by atoms with Crippen molar-refractivity contribution < 1.29 is 27.5 Å². The highest BCUT2D eigenvalue weighted by atomic mass is 19.4. The number of aliphatic carboxylic acids is 1. The molecule has 174 valence electrons. The molecule has 0 heterocycles. The predicted molar refractivity (Wildman–Crippen MR) is 121 cm³/mol. The van der Waals surface area contributed by atoms with E-state index in [1.54, 1.807) is 18.2 Å². The van der Waals surface area contributed by atoms with Gasteiger partial charge in [-0.05, 0) is 77.3 Å². The lowest BCUT2D eigenvalue weighted by molar-refractivity contribution is -0.139. The standard InChI is InChI=1S/C27H26F4O2/c1-17(2)13-25(26(32)33)22-15-19(4-3-18-5-11-24(28)12-6-18)14-21(16-22)20-7-9-23(10-8-20)27(29,30)31/h5-12,14-17,25H,3-4,13H2,1-2H3,(H,32,33). The summed E-state index contributed by atoms with van der Waals surface area (Å²) in [6, 6.07) is 16.6. The van der Waals surface area contributed by atoms with Gasteiger partial charge in [0.05, 0.1) is 11.5 Å². The van der Waals surface area contributed by atoms with Crippen LogP contribution in [-0.2, 0) is 23.8 Å². The molecule has 0 bridgehead atoms. The minimum absolute atomic E-state index is 0.156. The molecular formula is C27H26F4O2. The van der Waals surface area contributed by atoms with Gasteiger partial charge in [-0.1, -0.05) is 56.3 Å². The van der Waals surface area contributed by atoms with Gasteiger partial charge >= 0.3 is 12.1 Å². The third-order valence-electron chi connectivity index (χ3n) is 5.58. The van der Waals surface area contributed by atoms with E-state index in [9.17, 15) is 27.5 Å². The molecule has 0 aromatic heterocycles. The van der Waals surface area contributed by atoms with E-state index in [4.69, 9.17) is 0 Å². The van der Waals surface area contributed by atoms with E-state index in [1.807, 2.05) is 26.0 Å². The van der Waals surface area contributed by atoms with Crippen LogP contribution in [0.3, 0.4) is 0 Å². The fourth-order valence-corrected chi connectivity index (χ4v) is 3.87. The second-order valence-electron chi connectivity index (χ2n) is 8.69. The molecule has 3 aromatic carbocycles. The Labute approximate surface area is 190 Å². The van der Waals surface area contributed by atoms with Crippen LogP contribution in [0.15, 0.2) is 66.7 Å². The van der Waals surface area contributed by atoms with Gasteiger partial charge in [0.1, 0.15) is 5.82 Å². The molecule has 0 fully saturated rings. The molecule has 0 spiro atoms. The average molecular weight is 458 g/mol. The number of alkyl halides is 3. The van der Waals surface area contributed by atoms with Crippen molar-refractivity contribution in [1.29, 1.82) is 0 Å². The second kappa shape index (κ2) is 10.2. The first-order chi connectivity index (χ1) is 15.5. The third-order valence-corrected chi connectivity index (χ3v) is 5.58. The number of carboxylic acids is 1. The number of carboxylic acid groups (broad SMARTS) is 1. The molecule has 0 aliphatic carbocycles. The molecule has 0 saturated heterocycles. The molecule has 0 aliphatic heterocycles. The van der Waals surface area contributed by atoms with Crippen LogP contribution in [0.2, 0.25) is 0 Å². The second-order valence-corrected chi connectivity index (χ2v) is 8.69. The monoisotopic (exact) mass is 458 g/mol. The zero-order chi connectivity index (χ0) is 24.2. The SMILES string of the molecule is CC(C)CC(C(=O)O)c1cc(CCc2ccc(F)cc2)cc(-c2ccc(C(F)(F)F)cc2)c1. The maximum atomic E-state index is 13.2. The van der Waals surface area contributed by atoms with Crippen LogP contribution in [-0.4, -0.2) is 11.1 Å². The normalized spacial score (nSPS) is 12.7. The van der Waals surface area contributed by atoms with Crippen molar-refractivity contribution in [2.75, 3.05) is 0 Å². The summed E-state index contributed by atoms with van der Waals surface area (Å²) in [6.45, 7) is 3.90. The number of benzene rings is 3. The molecule has 2 nitrogen and oxygen atoms in total. The topological polar surface area (TPSA) is 37.3 Å². The highest BCUT2D eigenvalue weighted by Crippen LogP contribution is 2.33. The predicted octanol–water partition coefficient (Wildman–Crippen LogP) is 7.51. The summed E-state index contributed by atoms with van der Waals surface area (Å²) in [4.78, 5) is 12.0. The van der Waals surface area contributed by atoms with Crippen molar-refractivity contribution in [3.63, 3.8) is 0 Å². The molecule has 0 saturated carbocycles. The van der Waals surface area contributed by atoms with E-state index in [0.29, 0.717) is 36.0 Å². The number of aryl methyl sites for hydroxylation is 2. The van der Waals surface area contributed by atoms with Crippen LogP contribution in [0.25, 0.3) is 11.1 Å². The largest absolute Gasteiger partial charge is 0.481 e. The first kappa shape index (κ1) is 24.5. The summed E-state index contributed by atoms with van der Waals surface area (Å²) in [7, 11) is 0. The molecule has 6 heteroatoms. The minimum Gasteiger partial charge on any atom is -0.481 e. The minimum atomic E-state index is -4.42. The van der Waals surface area contributed by atoms with Crippen LogP contribution < -0.4 is 0 Å². The maximum Gasteiger partial charge on any atom is 0.416 e. The smallest absolute Gasteiger partial charge is 0.416 e. The van der Waals surface area contributed by atoms with E-state index < -0.39 is 23.6 Å². The van der Waals surface area contributed by atoms with Gasteiger partial charge in [-0.2, -0.15) is 13.2 Å². The van der Waals surface area contributed by atoms with Crippen molar-refractivity contribution in [2.45, 2.75) is 45.2 Å². The van der Waals surface area contributed by atoms with Gasteiger partial charge in [-0.3, -0.25) is 4.79 Å². The lowest BCUT2D eigenvalue weighted by atomic mass is 9.86. The Hall–Kier alpha value is -3.15. The number of hydrogen-bond acceptors (Lipinski definition) is 1. The Morgan fingerprint density at radius 1 is 0.848 bits per heavy atom. The molecule has 3 rings (SSSR count). The maximum absolute atomic E-state index is 13.2. The summed E-state index contributed by atoms with van der Waals surface area (Å²) in [5, 5.41) is 9.83. The molecule has 0 amide bonds.